The number of nitrogens with zero attached hydrogens (tertiary/aromatic N) is 1. The van der Waals surface area contributed by atoms with Gasteiger partial charge in [-0.25, -0.2) is 0 Å². The van der Waals surface area contributed by atoms with Gasteiger partial charge in [0, 0.05) is 25.9 Å². The quantitative estimate of drug-likeness (QED) is 0.811. The van der Waals surface area contributed by atoms with Crippen molar-refractivity contribution in [2.45, 2.75) is 25.9 Å². The summed E-state index contributed by atoms with van der Waals surface area (Å²) in [4.78, 5) is 4.21. The molecule has 1 atom stereocenters. The Bertz CT molecular complexity index is 276. The lowest BCUT2D eigenvalue weighted by Gasteiger charge is -2.15. The summed E-state index contributed by atoms with van der Waals surface area (Å²) < 4.78 is 5.10. The zero-order valence-corrected chi connectivity index (χ0v) is 9.92. The summed E-state index contributed by atoms with van der Waals surface area (Å²) in [6.45, 7) is 3.61. The molecule has 0 spiro atoms. The Morgan fingerprint density at radius 2 is 2.33 bits per heavy atom. The molecule has 0 amide bonds. The maximum atomic E-state index is 5.75. The van der Waals surface area contributed by atoms with Crippen molar-refractivity contribution in [1.82, 2.24) is 10.3 Å². The fraction of sp³-hybridized carbons (Fsp3) is 0.545. The topological polar surface area (TPSA) is 34.1 Å². The molecule has 84 valence electrons. The Labute approximate surface area is 95.8 Å². The van der Waals surface area contributed by atoms with Gasteiger partial charge in [-0.1, -0.05) is 18.5 Å². The van der Waals surface area contributed by atoms with Gasteiger partial charge in [-0.2, -0.15) is 0 Å². The zero-order chi connectivity index (χ0) is 11.1. The number of pyridine rings is 1. The third-order valence-electron chi connectivity index (χ3n) is 2.22. The third kappa shape index (κ3) is 4.60. The SMILES string of the molecule is CCC(COC)NCc1ccc(Cl)cn1. The van der Waals surface area contributed by atoms with E-state index < -0.39 is 0 Å². The van der Waals surface area contributed by atoms with E-state index in [2.05, 4.69) is 17.2 Å². The third-order valence-corrected chi connectivity index (χ3v) is 2.44. The van der Waals surface area contributed by atoms with Crippen LogP contribution in [0.1, 0.15) is 19.0 Å². The predicted octanol–water partition coefficient (Wildman–Crippen LogP) is 2.25. The minimum Gasteiger partial charge on any atom is -0.383 e. The monoisotopic (exact) mass is 228 g/mol. The minimum atomic E-state index is 0.382. The van der Waals surface area contributed by atoms with Gasteiger partial charge in [0.25, 0.3) is 0 Å². The molecular formula is C11H17ClN2O. The van der Waals surface area contributed by atoms with Crippen LogP contribution < -0.4 is 5.32 Å². The van der Waals surface area contributed by atoms with Crippen LogP contribution in [-0.4, -0.2) is 24.7 Å². The summed E-state index contributed by atoms with van der Waals surface area (Å²) in [6, 6.07) is 4.16. The summed E-state index contributed by atoms with van der Waals surface area (Å²) in [5.74, 6) is 0. The van der Waals surface area contributed by atoms with E-state index in [1.165, 1.54) is 0 Å². The lowest BCUT2D eigenvalue weighted by molar-refractivity contribution is 0.163. The molecule has 1 N–H and O–H groups in total. The molecule has 4 heteroatoms. The Balaban J connectivity index is 2.38. The van der Waals surface area contributed by atoms with Crippen LogP contribution >= 0.6 is 11.6 Å². The molecule has 0 aliphatic rings. The first-order chi connectivity index (χ1) is 7.26. The van der Waals surface area contributed by atoms with Gasteiger partial charge in [-0.15, -0.1) is 0 Å². The second-order valence-electron chi connectivity index (χ2n) is 3.41. The smallest absolute Gasteiger partial charge is 0.0615 e. The number of ether oxygens (including phenoxy) is 1. The van der Waals surface area contributed by atoms with E-state index >= 15 is 0 Å². The molecule has 1 heterocycles. The largest absolute Gasteiger partial charge is 0.383 e. The summed E-state index contributed by atoms with van der Waals surface area (Å²) in [7, 11) is 1.71. The van der Waals surface area contributed by atoms with E-state index in [1.54, 1.807) is 13.3 Å². The molecule has 0 aliphatic heterocycles. The number of halogens is 1. The molecule has 15 heavy (non-hydrogen) atoms. The highest BCUT2D eigenvalue weighted by Gasteiger charge is 2.04. The van der Waals surface area contributed by atoms with E-state index in [1.807, 2.05) is 12.1 Å². The highest BCUT2D eigenvalue weighted by molar-refractivity contribution is 6.30. The summed E-state index contributed by atoms with van der Waals surface area (Å²) in [6.07, 6.45) is 2.71. The lowest BCUT2D eigenvalue weighted by Crippen LogP contribution is -2.32. The molecule has 3 nitrogen and oxygen atoms in total. The fourth-order valence-corrected chi connectivity index (χ4v) is 1.39. The van der Waals surface area contributed by atoms with Gasteiger partial charge in [0.15, 0.2) is 0 Å². The molecule has 1 aromatic heterocycles. The van der Waals surface area contributed by atoms with Gasteiger partial charge >= 0.3 is 0 Å². The zero-order valence-electron chi connectivity index (χ0n) is 9.16. The number of methoxy groups -OCH3 is 1. The molecule has 0 radical (unpaired) electrons. The first kappa shape index (κ1) is 12.4. The maximum absolute atomic E-state index is 5.75. The molecule has 0 aromatic carbocycles. The van der Waals surface area contributed by atoms with E-state index in [-0.39, 0.29) is 0 Å². The standard InChI is InChI=1S/C11H17ClN2O/c1-3-10(8-15-2)14-7-11-5-4-9(12)6-13-11/h4-6,10,14H,3,7-8H2,1-2H3. The summed E-state index contributed by atoms with van der Waals surface area (Å²) in [5.41, 5.74) is 0.994. The van der Waals surface area contributed by atoms with Crippen LogP contribution in [0, 0.1) is 0 Å². The Kier molecular flexibility index (Phi) is 5.61. The van der Waals surface area contributed by atoms with Crippen LogP contribution in [0.2, 0.25) is 5.02 Å². The van der Waals surface area contributed by atoms with Crippen LogP contribution in [0.25, 0.3) is 0 Å². The molecule has 1 rings (SSSR count). The van der Waals surface area contributed by atoms with Gasteiger partial charge < -0.3 is 10.1 Å². The van der Waals surface area contributed by atoms with Crippen molar-refractivity contribution in [2.24, 2.45) is 0 Å². The average Bonchev–Trinajstić information content (AvgIpc) is 2.26. The van der Waals surface area contributed by atoms with Gasteiger partial charge in [-0.3, -0.25) is 4.98 Å². The van der Waals surface area contributed by atoms with Gasteiger partial charge in [0.2, 0.25) is 0 Å². The van der Waals surface area contributed by atoms with E-state index in [0.717, 1.165) is 25.3 Å². The van der Waals surface area contributed by atoms with Crippen molar-refractivity contribution in [3.05, 3.63) is 29.0 Å². The summed E-state index contributed by atoms with van der Waals surface area (Å²) in [5, 5.41) is 4.04. The predicted molar refractivity (Wildman–Crippen MR) is 62.0 cm³/mol. The Morgan fingerprint density at radius 3 is 2.87 bits per heavy atom. The van der Waals surface area contributed by atoms with E-state index in [9.17, 15) is 0 Å². The van der Waals surface area contributed by atoms with Crippen molar-refractivity contribution < 1.29 is 4.74 Å². The second-order valence-corrected chi connectivity index (χ2v) is 3.85. The molecular weight excluding hydrogens is 212 g/mol. The van der Waals surface area contributed by atoms with Crippen LogP contribution in [0.15, 0.2) is 18.3 Å². The molecule has 0 aliphatic carbocycles. The molecule has 1 unspecified atom stereocenters. The second kappa shape index (κ2) is 6.77. The molecule has 0 bridgehead atoms. The fourth-order valence-electron chi connectivity index (χ4n) is 1.28. The first-order valence-corrected chi connectivity index (χ1v) is 5.46. The van der Waals surface area contributed by atoms with E-state index in [4.69, 9.17) is 16.3 Å². The van der Waals surface area contributed by atoms with Crippen LogP contribution in [0.5, 0.6) is 0 Å². The van der Waals surface area contributed by atoms with Crippen molar-refractivity contribution in [2.75, 3.05) is 13.7 Å². The van der Waals surface area contributed by atoms with Crippen LogP contribution in [0.3, 0.4) is 0 Å². The van der Waals surface area contributed by atoms with Crippen molar-refractivity contribution >= 4 is 11.6 Å². The number of aromatic nitrogens is 1. The van der Waals surface area contributed by atoms with Crippen LogP contribution in [0.4, 0.5) is 0 Å². The first-order valence-electron chi connectivity index (χ1n) is 5.09. The highest BCUT2D eigenvalue weighted by Crippen LogP contribution is 2.06. The maximum Gasteiger partial charge on any atom is 0.0615 e. The van der Waals surface area contributed by atoms with Crippen LogP contribution in [-0.2, 0) is 11.3 Å². The van der Waals surface area contributed by atoms with Gasteiger partial charge in [0.05, 0.1) is 17.3 Å². The Hall–Kier alpha value is -0.640. The average molecular weight is 229 g/mol. The normalized spacial score (nSPS) is 12.7. The number of nitrogens with one attached hydrogen (secondary N) is 1. The van der Waals surface area contributed by atoms with E-state index in [0.29, 0.717) is 11.1 Å². The summed E-state index contributed by atoms with van der Waals surface area (Å²) >= 11 is 5.75. The highest BCUT2D eigenvalue weighted by atomic mass is 35.5. The number of rotatable bonds is 6. The van der Waals surface area contributed by atoms with Crippen molar-refractivity contribution in [3.63, 3.8) is 0 Å². The van der Waals surface area contributed by atoms with Crippen molar-refractivity contribution in [1.29, 1.82) is 0 Å². The Morgan fingerprint density at radius 1 is 1.53 bits per heavy atom. The van der Waals surface area contributed by atoms with Gasteiger partial charge in [-0.05, 0) is 18.6 Å². The molecule has 1 aromatic rings. The molecule has 0 fully saturated rings. The van der Waals surface area contributed by atoms with Gasteiger partial charge in [0.1, 0.15) is 0 Å². The minimum absolute atomic E-state index is 0.382. The molecule has 0 saturated carbocycles. The number of hydrogen-bond acceptors (Lipinski definition) is 3. The van der Waals surface area contributed by atoms with Crippen molar-refractivity contribution in [3.8, 4) is 0 Å². The lowest BCUT2D eigenvalue weighted by atomic mass is 10.2. The molecule has 0 saturated heterocycles. The number of hydrogen-bond donors (Lipinski definition) is 1.